The maximum absolute atomic E-state index is 9.74. The Morgan fingerprint density at radius 1 is 1.44 bits per heavy atom. The van der Waals surface area contributed by atoms with Gasteiger partial charge in [-0.1, -0.05) is 31.2 Å². The largest absolute Gasteiger partial charge is 0.389 e. The number of nitrogens with zero attached hydrogens (tertiary/aromatic N) is 1. The van der Waals surface area contributed by atoms with Gasteiger partial charge >= 0.3 is 0 Å². The van der Waals surface area contributed by atoms with Crippen LogP contribution in [0.2, 0.25) is 0 Å². The number of aliphatic hydroxyl groups is 1. The van der Waals surface area contributed by atoms with Crippen molar-refractivity contribution in [1.29, 1.82) is 0 Å². The minimum Gasteiger partial charge on any atom is -0.389 e. The van der Waals surface area contributed by atoms with Crippen LogP contribution in [0, 0.1) is 0 Å². The molecule has 0 saturated carbocycles. The molecule has 0 bridgehead atoms. The van der Waals surface area contributed by atoms with Gasteiger partial charge in [0.2, 0.25) is 0 Å². The molecule has 1 N–H and O–H groups in total. The molecule has 0 heterocycles. The van der Waals surface area contributed by atoms with Gasteiger partial charge < -0.3 is 10.0 Å². The van der Waals surface area contributed by atoms with Crippen LogP contribution in [-0.2, 0) is 0 Å². The van der Waals surface area contributed by atoms with Crippen LogP contribution in [0.15, 0.2) is 36.9 Å². The third kappa shape index (κ3) is 3.11. The SMILES string of the molecule is C=CCN(CCC)c1ccccc1C(C)O. The Hall–Kier alpha value is -1.28. The van der Waals surface area contributed by atoms with Crippen molar-refractivity contribution in [2.24, 2.45) is 0 Å². The molecule has 1 atom stereocenters. The van der Waals surface area contributed by atoms with E-state index in [1.807, 2.05) is 24.3 Å². The van der Waals surface area contributed by atoms with E-state index in [2.05, 4.69) is 24.5 Å². The molecule has 0 radical (unpaired) electrons. The highest BCUT2D eigenvalue weighted by molar-refractivity contribution is 5.54. The van der Waals surface area contributed by atoms with Gasteiger partial charge in [0.05, 0.1) is 6.10 Å². The van der Waals surface area contributed by atoms with Crippen molar-refractivity contribution < 1.29 is 5.11 Å². The summed E-state index contributed by atoms with van der Waals surface area (Å²) in [5.41, 5.74) is 2.09. The minimum absolute atomic E-state index is 0.430. The molecule has 0 aliphatic heterocycles. The fourth-order valence-corrected chi connectivity index (χ4v) is 1.86. The zero-order valence-corrected chi connectivity index (χ0v) is 10.2. The first-order valence-electron chi connectivity index (χ1n) is 5.83. The molecule has 0 fully saturated rings. The highest BCUT2D eigenvalue weighted by Crippen LogP contribution is 2.26. The Balaban J connectivity index is 3.01. The third-order valence-corrected chi connectivity index (χ3v) is 2.57. The van der Waals surface area contributed by atoms with Gasteiger partial charge in [-0.2, -0.15) is 0 Å². The average Bonchev–Trinajstić information content (AvgIpc) is 2.29. The number of hydrogen-bond acceptors (Lipinski definition) is 2. The first-order chi connectivity index (χ1) is 7.70. The van der Waals surface area contributed by atoms with Crippen molar-refractivity contribution in [3.05, 3.63) is 42.5 Å². The van der Waals surface area contributed by atoms with Crippen LogP contribution in [0.5, 0.6) is 0 Å². The van der Waals surface area contributed by atoms with E-state index in [9.17, 15) is 5.11 Å². The number of benzene rings is 1. The predicted octanol–water partition coefficient (Wildman–Crippen LogP) is 3.14. The Morgan fingerprint density at radius 2 is 2.12 bits per heavy atom. The van der Waals surface area contributed by atoms with Crippen LogP contribution in [0.4, 0.5) is 5.69 Å². The molecule has 1 unspecified atom stereocenters. The molecule has 1 aromatic carbocycles. The van der Waals surface area contributed by atoms with E-state index in [1.54, 1.807) is 6.92 Å². The molecule has 0 aromatic heterocycles. The third-order valence-electron chi connectivity index (χ3n) is 2.57. The molecule has 0 spiro atoms. The Morgan fingerprint density at radius 3 is 2.69 bits per heavy atom. The van der Waals surface area contributed by atoms with Gasteiger partial charge in [0.1, 0.15) is 0 Å². The molecular weight excluding hydrogens is 198 g/mol. The van der Waals surface area contributed by atoms with E-state index in [1.165, 1.54) is 0 Å². The molecule has 88 valence electrons. The normalized spacial score (nSPS) is 12.2. The van der Waals surface area contributed by atoms with E-state index in [-0.39, 0.29) is 0 Å². The van der Waals surface area contributed by atoms with Gasteiger partial charge in [-0.15, -0.1) is 6.58 Å². The van der Waals surface area contributed by atoms with Crippen molar-refractivity contribution in [2.45, 2.75) is 26.4 Å². The lowest BCUT2D eigenvalue weighted by atomic mass is 10.1. The molecular formula is C14H21NO. The summed E-state index contributed by atoms with van der Waals surface area (Å²) < 4.78 is 0. The van der Waals surface area contributed by atoms with Crippen LogP contribution in [0.3, 0.4) is 0 Å². The molecule has 0 aliphatic carbocycles. The molecule has 0 aliphatic rings. The number of hydrogen-bond donors (Lipinski definition) is 1. The molecule has 0 amide bonds. The van der Waals surface area contributed by atoms with Gasteiger partial charge in [0.25, 0.3) is 0 Å². The maximum atomic E-state index is 9.74. The van der Waals surface area contributed by atoms with Crippen LogP contribution in [0.1, 0.15) is 31.9 Å². The van der Waals surface area contributed by atoms with E-state index in [0.29, 0.717) is 0 Å². The number of rotatable bonds is 6. The lowest BCUT2D eigenvalue weighted by molar-refractivity contribution is 0.199. The summed E-state index contributed by atoms with van der Waals surface area (Å²) in [5.74, 6) is 0. The summed E-state index contributed by atoms with van der Waals surface area (Å²) in [4.78, 5) is 2.25. The summed E-state index contributed by atoms with van der Waals surface area (Å²) in [7, 11) is 0. The van der Waals surface area contributed by atoms with Crippen LogP contribution in [0.25, 0.3) is 0 Å². The van der Waals surface area contributed by atoms with Gasteiger partial charge in [0, 0.05) is 24.3 Å². The first kappa shape index (κ1) is 12.8. The highest BCUT2D eigenvalue weighted by Gasteiger charge is 2.11. The second kappa shape index (κ2) is 6.33. The lowest BCUT2D eigenvalue weighted by Gasteiger charge is -2.26. The summed E-state index contributed by atoms with van der Waals surface area (Å²) in [6.45, 7) is 9.53. The highest BCUT2D eigenvalue weighted by atomic mass is 16.3. The summed E-state index contributed by atoms with van der Waals surface area (Å²) in [6.07, 6.45) is 2.55. The van der Waals surface area contributed by atoms with Crippen molar-refractivity contribution in [2.75, 3.05) is 18.0 Å². The summed E-state index contributed by atoms with van der Waals surface area (Å²) in [5, 5.41) is 9.74. The monoisotopic (exact) mass is 219 g/mol. The predicted molar refractivity (Wildman–Crippen MR) is 69.8 cm³/mol. The summed E-state index contributed by atoms with van der Waals surface area (Å²) in [6, 6.07) is 8.00. The van der Waals surface area contributed by atoms with Crippen molar-refractivity contribution in [1.82, 2.24) is 0 Å². The molecule has 2 heteroatoms. The van der Waals surface area contributed by atoms with Gasteiger partial charge in [-0.3, -0.25) is 0 Å². The standard InChI is InChI=1S/C14H21NO/c1-4-10-15(11-5-2)14-9-7-6-8-13(14)12(3)16/h4,6-9,12,16H,1,5,10-11H2,2-3H3. The maximum Gasteiger partial charge on any atom is 0.0781 e. The van der Waals surface area contributed by atoms with Crippen molar-refractivity contribution in [3.63, 3.8) is 0 Å². The molecule has 1 rings (SSSR count). The van der Waals surface area contributed by atoms with Crippen LogP contribution < -0.4 is 4.90 Å². The van der Waals surface area contributed by atoms with Gasteiger partial charge in [-0.25, -0.2) is 0 Å². The second-order valence-electron chi connectivity index (χ2n) is 3.97. The topological polar surface area (TPSA) is 23.5 Å². The van der Waals surface area contributed by atoms with Crippen LogP contribution in [-0.4, -0.2) is 18.2 Å². The molecule has 2 nitrogen and oxygen atoms in total. The Bertz CT molecular complexity index is 333. The number of aliphatic hydroxyl groups excluding tert-OH is 1. The quantitative estimate of drug-likeness (QED) is 0.743. The molecule has 1 aromatic rings. The minimum atomic E-state index is -0.430. The fourth-order valence-electron chi connectivity index (χ4n) is 1.86. The van der Waals surface area contributed by atoms with Crippen molar-refractivity contribution >= 4 is 5.69 Å². The fraction of sp³-hybridized carbons (Fsp3) is 0.429. The Kier molecular flexibility index (Phi) is 5.06. The van der Waals surface area contributed by atoms with E-state index < -0.39 is 6.10 Å². The van der Waals surface area contributed by atoms with Crippen LogP contribution >= 0.6 is 0 Å². The van der Waals surface area contributed by atoms with Crippen molar-refractivity contribution in [3.8, 4) is 0 Å². The molecule has 16 heavy (non-hydrogen) atoms. The number of anilines is 1. The summed E-state index contributed by atoms with van der Waals surface area (Å²) >= 11 is 0. The van der Waals surface area contributed by atoms with E-state index >= 15 is 0 Å². The Labute approximate surface area is 98.2 Å². The van der Waals surface area contributed by atoms with E-state index in [4.69, 9.17) is 0 Å². The molecule has 0 saturated heterocycles. The smallest absolute Gasteiger partial charge is 0.0781 e. The van der Waals surface area contributed by atoms with Gasteiger partial charge in [0.15, 0.2) is 0 Å². The second-order valence-corrected chi connectivity index (χ2v) is 3.97. The average molecular weight is 219 g/mol. The lowest BCUT2D eigenvalue weighted by Crippen LogP contribution is -2.25. The zero-order valence-electron chi connectivity index (χ0n) is 10.2. The zero-order chi connectivity index (χ0) is 12.0. The number of para-hydroxylation sites is 1. The first-order valence-corrected chi connectivity index (χ1v) is 5.83. The van der Waals surface area contributed by atoms with Gasteiger partial charge in [-0.05, 0) is 19.4 Å². The van der Waals surface area contributed by atoms with E-state index in [0.717, 1.165) is 30.8 Å².